The van der Waals surface area contributed by atoms with E-state index >= 15 is 0 Å². The molecule has 0 aromatic carbocycles. The van der Waals surface area contributed by atoms with Crippen LogP contribution in [-0.2, 0) is 9.53 Å². The van der Waals surface area contributed by atoms with Crippen molar-refractivity contribution in [1.29, 1.82) is 0 Å². The van der Waals surface area contributed by atoms with Gasteiger partial charge in [0.1, 0.15) is 11.8 Å². The molecule has 0 saturated heterocycles. The number of hydrogen-bond donors (Lipinski definition) is 0. The minimum Gasteiger partial charge on any atom is -0.463 e. The fraction of sp³-hybridized carbons (Fsp3) is 0.368. The van der Waals surface area contributed by atoms with Crippen LogP contribution in [0.3, 0.4) is 0 Å². The van der Waals surface area contributed by atoms with Crippen molar-refractivity contribution in [3.63, 3.8) is 0 Å². The molecular formula is C19H19N3O4S. The maximum absolute atomic E-state index is 12.1. The van der Waals surface area contributed by atoms with E-state index in [-0.39, 0.29) is 17.8 Å². The maximum atomic E-state index is 12.1. The Hall–Kier alpha value is -2.61. The normalized spacial score (nSPS) is 15.0. The molecule has 1 aliphatic carbocycles. The fourth-order valence-corrected chi connectivity index (χ4v) is 3.63. The summed E-state index contributed by atoms with van der Waals surface area (Å²) >= 11 is 1.20. The highest BCUT2D eigenvalue weighted by Crippen LogP contribution is 2.30. The molecule has 1 fully saturated rings. The minimum absolute atomic E-state index is 0.0471. The molecule has 3 aromatic heterocycles. The van der Waals surface area contributed by atoms with Crippen LogP contribution in [0.4, 0.5) is 0 Å². The summed E-state index contributed by atoms with van der Waals surface area (Å²) in [6.45, 7) is 0. The molecule has 0 aliphatic heterocycles. The van der Waals surface area contributed by atoms with E-state index in [1.165, 1.54) is 18.2 Å². The minimum atomic E-state index is -0.245. The maximum Gasteiger partial charge on any atom is 0.316 e. The molecule has 0 bridgehead atoms. The van der Waals surface area contributed by atoms with Gasteiger partial charge in [-0.25, -0.2) is 4.98 Å². The number of carbonyl (C=O) groups is 1. The van der Waals surface area contributed by atoms with E-state index in [4.69, 9.17) is 13.6 Å². The van der Waals surface area contributed by atoms with Gasteiger partial charge >= 0.3 is 5.97 Å². The third kappa shape index (κ3) is 4.39. The average Bonchev–Trinajstić information content (AvgIpc) is 3.41. The van der Waals surface area contributed by atoms with E-state index < -0.39 is 0 Å². The van der Waals surface area contributed by atoms with Gasteiger partial charge in [-0.3, -0.25) is 4.79 Å². The number of rotatable bonds is 6. The lowest BCUT2D eigenvalue weighted by molar-refractivity contribution is -0.147. The zero-order valence-corrected chi connectivity index (χ0v) is 15.5. The Morgan fingerprint density at radius 3 is 2.41 bits per heavy atom. The zero-order chi connectivity index (χ0) is 18.5. The molecule has 1 saturated carbocycles. The standard InChI is InChI=1S/C19H19N3O4S/c23-16(26-13-6-2-1-3-7-13)12-27-19-20-17(14-8-4-10-24-14)18(21-22-19)15-9-5-11-25-15/h4-5,8-11,13H,1-3,6-7,12H2. The van der Waals surface area contributed by atoms with E-state index in [2.05, 4.69) is 15.2 Å². The number of esters is 1. The quantitative estimate of drug-likeness (QED) is 0.456. The van der Waals surface area contributed by atoms with Crippen molar-refractivity contribution in [3.8, 4) is 22.9 Å². The predicted molar refractivity (Wildman–Crippen MR) is 98.9 cm³/mol. The zero-order valence-electron chi connectivity index (χ0n) is 14.7. The van der Waals surface area contributed by atoms with Gasteiger partial charge in [-0.1, -0.05) is 18.2 Å². The van der Waals surface area contributed by atoms with Crippen molar-refractivity contribution in [2.24, 2.45) is 0 Å². The second-order valence-electron chi connectivity index (χ2n) is 6.28. The molecule has 3 aromatic rings. The Kier molecular flexibility index (Phi) is 5.53. The number of hydrogen-bond acceptors (Lipinski definition) is 8. The Labute approximate surface area is 160 Å². The van der Waals surface area contributed by atoms with Gasteiger partial charge in [0.05, 0.1) is 18.3 Å². The van der Waals surface area contributed by atoms with Crippen LogP contribution in [0.15, 0.2) is 50.8 Å². The number of ether oxygens (including phenoxy) is 1. The van der Waals surface area contributed by atoms with Crippen molar-refractivity contribution in [3.05, 3.63) is 36.8 Å². The fourth-order valence-electron chi connectivity index (χ4n) is 3.06. The largest absolute Gasteiger partial charge is 0.463 e. The summed E-state index contributed by atoms with van der Waals surface area (Å²) in [6, 6.07) is 7.12. The van der Waals surface area contributed by atoms with Crippen molar-refractivity contribution in [2.45, 2.75) is 43.4 Å². The summed E-state index contributed by atoms with van der Waals surface area (Å²) in [5, 5.41) is 8.73. The van der Waals surface area contributed by atoms with Crippen LogP contribution >= 0.6 is 11.8 Å². The van der Waals surface area contributed by atoms with Crippen molar-refractivity contribution in [1.82, 2.24) is 15.2 Å². The van der Waals surface area contributed by atoms with E-state index in [0.29, 0.717) is 28.1 Å². The molecule has 8 heteroatoms. The van der Waals surface area contributed by atoms with E-state index in [9.17, 15) is 4.79 Å². The number of nitrogens with zero attached hydrogens (tertiary/aromatic N) is 3. The summed E-state index contributed by atoms with van der Waals surface area (Å²) < 4.78 is 16.4. The van der Waals surface area contributed by atoms with Crippen LogP contribution < -0.4 is 0 Å². The molecule has 0 unspecified atom stereocenters. The van der Waals surface area contributed by atoms with Crippen LogP contribution in [0.25, 0.3) is 22.9 Å². The first-order valence-electron chi connectivity index (χ1n) is 8.94. The molecule has 1 aliphatic rings. The molecule has 27 heavy (non-hydrogen) atoms. The van der Waals surface area contributed by atoms with Crippen LogP contribution in [0.2, 0.25) is 0 Å². The Morgan fingerprint density at radius 1 is 1.04 bits per heavy atom. The molecule has 4 rings (SSSR count). The van der Waals surface area contributed by atoms with E-state index in [1.54, 1.807) is 36.8 Å². The summed E-state index contributed by atoms with van der Waals surface area (Å²) in [5.41, 5.74) is 1.01. The number of carbonyl (C=O) groups excluding carboxylic acids is 1. The van der Waals surface area contributed by atoms with Crippen LogP contribution in [-0.4, -0.2) is 33.0 Å². The van der Waals surface area contributed by atoms with Crippen LogP contribution in [0, 0.1) is 0 Å². The van der Waals surface area contributed by atoms with Crippen molar-refractivity contribution >= 4 is 17.7 Å². The lowest BCUT2D eigenvalue weighted by atomic mass is 9.98. The molecule has 0 atom stereocenters. The molecule has 0 spiro atoms. The van der Waals surface area contributed by atoms with E-state index in [0.717, 1.165) is 25.7 Å². The smallest absolute Gasteiger partial charge is 0.316 e. The topological polar surface area (TPSA) is 91.2 Å². The predicted octanol–water partition coefficient (Wildman–Crippen LogP) is 4.36. The second kappa shape index (κ2) is 8.39. The monoisotopic (exact) mass is 385 g/mol. The van der Waals surface area contributed by atoms with Gasteiger partial charge in [-0.15, -0.1) is 10.2 Å². The summed E-state index contributed by atoms with van der Waals surface area (Å²) in [7, 11) is 0. The molecule has 140 valence electrons. The number of thioether (sulfide) groups is 1. The first kappa shape index (κ1) is 17.8. The SMILES string of the molecule is O=C(CSc1nnc(-c2ccco2)c(-c2ccco2)n1)OC1CCCCC1. The van der Waals surface area contributed by atoms with Gasteiger partial charge in [-0.2, -0.15) is 0 Å². The Bertz CT molecular complexity index is 875. The first-order valence-corrected chi connectivity index (χ1v) is 9.93. The molecular weight excluding hydrogens is 366 g/mol. The van der Waals surface area contributed by atoms with Crippen molar-refractivity contribution < 1.29 is 18.4 Å². The van der Waals surface area contributed by atoms with Crippen molar-refractivity contribution in [2.75, 3.05) is 5.75 Å². The molecule has 3 heterocycles. The average molecular weight is 385 g/mol. The Morgan fingerprint density at radius 2 is 1.74 bits per heavy atom. The number of furan rings is 2. The molecule has 0 radical (unpaired) electrons. The third-order valence-electron chi connectivity index (χ3n) is 4.35. The summed E-state index contributed by atoms with van der Waals surface area (Å²) in [5.74, 6) is 1.01. The van der Waals surface area contributed by atoms with Gasteiger partial charge in [0.2, 0.25) is 5.16 Å². The highest BCUT2D eigenvalue weighted by atomic mass is 32.2. The lowest BCUT2D eigenvalue weighted by Gasteiger charge is -2.21. The molecule has 0 amide bonds. The second-order valence-corrected chi connectivity index (χ2v) is 7.23. The lowest BCUT2D eigenvalue weighted by Crippen LogP contribution is -2.22. The van der Waals surface area contributed by atoms with Crippen LogP contribution in [0.5, 0.6) is 0 Å². The van der Waals surface area contributed by atoms with Gasteiger partial charge in [-0.05, 0) is 49.9 Å². The highest BCUT2D eigenvalue weighted by Gasteiger charge is 2.20. The Balaban J connectivity index is 1.47. The van der Waals surface area contributed by atoms with E-state index in [1.807, 2.05) is 0 Å². The van der Waals surface area contributed by atoms with Crippen LogP contribution in [0.1, 0.15) is 32.1 Å². The first-order chi connectivity index (χ1) is 13.3. The van der Waals surface area contributed by atoms with Gasteiger partial charge in [0.25, 0.3) is 0 Å². The third-order valence-corrected chi connectivity index (χ3v) is 5.16. The molecule has 0 N–H and O–H groups in total. The molecule has 7 nitrogen and oxygen atoms in total. The van der Waals surface area contributed by atoms with Gasteiger partial charge in [0.15, 0.2) is 17.2 Å². The number of aromatic nitrogens is 3. The van der Waals surface area contributed by atoms with Gasteiger partial charge < -0.3 is 13.6 Å². The summed E-state index contributed by atoms with van der Waals surface area (Å²) in [4.78, 5) is 16.6. The summed E-state index contributed by atoms with van der Waals surface area (Å²) in [6.07, 6.45) is 8.55. The van der Waals surface area contributed by atoms with Gasteiger partial charge in [0, 0.05) is 0 Å². The highest BCUT2D eigenvalue weighted by molar-refractivity contribution is 7.99.